The van der Waals surface area contributed by atoms with Gasteiger partial charge < -0.3 is 5.32 Å². The zero-order valence-electron chi connectivity index (χ0n) is 12.1. The van der Waals surface area contributed by atoms with E-state index in [2.05, 4.69) is 20.6 Å². The topological polar surface area (TPSA) is 77.6 Å². The van der Waals surface area contributed by atoms with Crippen molar-refractivity contribution in [1.29, 1.82) is 0 Å². The number of hydrogen-bond donors (Lipinski definition) is 1. The Morgan fingerprint density at radius 2 is 2.20 bits per heavy atom. The molecular formula is C13H20N6O. The maximum atomic E-state index is 11.9. The number of nitrogens with one attached hydrogen (secondary N) is 1. The predicted molar refractivity (Wildman–Crippen MR) is 74.3 cm³/mol. The van der Waals surface area contributed by atoms with Gasteiger partial charge in [-0.05, 0) is 32.8 Å². The number of nitrogens with zero attached hydrogens (tertiary/aromatic N) is 5. The molecule has 108 valence electrons. The Morgan fingerprint density at radius 3 is 2.80 bits per heavy atom. The number of aryl methyl sites for hydroxylation is 2. The first-order valence-electron chi connectivity index (χ1n) is 6.75. The fourth-order valence-corrected chi connectivity index (χ4v) is 1.81. The van der Waals surface area contributed by atoms with Crippen molar-refractivity contribution in [1.82, 2.24) is 30.1 Å². The van der Waals surface area contributed by atoms with Crippen LogP contribution < -0.4 is 5.32 Å². The summed E-state index contributed by atoms with van der Waals surface area (Å²) in [4.78, 5) is 13.4. The maximum Gasteiger partial charge on any atom is 0.271 e. The van der Waals surface area contributed by atoms with E-state index in [1.807, 2.05) is 20.0 Å². The van der Waals surface area contributed by atoms with Crippen LogP contribution in [0.15, 0.2) is 18.5 Å². The van der Waals surface area contributed by atoms with Crippen LogP contribution in [-0.2, 0) is 13.5 Å². The lowest BCUT2D eigenvalue weighted by Gasteiger charge is -2.04. The molecule has 0 atom stereocenters. The molecule has 0 unspecified atom stereocenters. The minimum absolute atomic E-state index is 0.136. The van der Waals surface area contributed by atoms with E-state index in [-0.39, 0.29) is 11.9 Å². The van der Waals surface area contributed by atoms with Gasteiger partial charge in [0, 0.05) is 25.8 Å². The average molecular weight is 276 g/mol. The average Bonchev–Trinajstić information content (AvgIpc) is 3.03. The Morgan fingerprint density at radius 1 is 1.40 bits per heavy atom. The molecule has 0 aliphatic carbocycles. The highest BCUT2D eigenvalue weighted by Crippen LogP contribution is 2.04. The molecule has 7 heteroatoms. The molecule has 0 aliphatic heterocycles. The van der Waals surface area contributed by atoms with Gasteiger partial charge in [0.2, 0.25) is 0 Å². The van der Waals surface area contributed by atoms with Gasteiger partial charge in [0.15, 0.2) is 0 Å². The molecule has 0 bridgehead atoms. The number of amides is 1. The molecule has 1 N–H and O–H groups in total. The van der Waals surface area contributed by atoms with Gasteiger partial charge in [0.25, 0.3) is 5.91 Å². The molecule has 2 aromatic heterocycles. The molecule has 0 aromatic carbocycles. The Bertz CT molecular complexity index is 571. The summed E-state index contributed by atoms with van der Waals surface area (Å²) >= 11 is 0. The van der Waals surface area contributed by atoms with Crippen molar-refractivity contribution in [2.75, 3.05) is 6.54 Å². The van der Waals surface area contributed by atoms with Crippen LogP contribution in [-0.4, -0.2) is 37.2 Å². The van der Waals surface area contributed by atoms with Crippen molar-refractivity contribution in [3.63, 3.8) is 0 Å². The number of carbonyl (C=O) groups is 1. The van der Waals surface area contributed by atoms with Gasteiger partial charge in [-0.25, -0.2) is 0 Å². The van der Waals surface area contributed by atoms with Crippen LogP contribution in [0.5, 0.6) is 0 Å². The number of hydrogen-bond acceptors (Lipinski definition) is 4. The number of carbonyl (C=O) groups excluding carboxylic acids is 1. The fraction of sp³-hybridized carbons (Fsp3) is 0.538. The molecule has 2 rings (SSSR count). The summed E-state index contributed by atoms with van der Waals surface area (Å²) in [6.45, 7) is 4.65. The van der Waals surface area contributed by atoms with Crippen LogP contribution in [0, 0.1) is 0 Å². The minimum atomic E-state index is -0.136. The highest BCUT2D eigenvalue weighted by Gasteiger charge is 2.10. The standard InChI is InChI=1S/C13H20N6O/c1-10(2)19-8-6-12(17-19)13(20)14-7-4-5-11-9-15-18(3)16-11/h6,8-10H,4-5,7H2,1-3H3,(H,14,20). The second-order valence-corrected chi connectivity index (χ2v) is 4.96. The molecular weight excluding hydrogens is 256 g/mol. The second-order valence-electron chi connectivity index (χ2n) is 4.96. The monoisotopic (exact) mass is 276 g/mol. The summed E-state index contributed by atoms with van der Waals surface area (Å²) in [6, 6.07) is 1.99. The van der Waals surface area contributed by atoms with Gasteiger partial charge in [-0.2, -0.15) is 20.1 Å². The van der Waals surface area contributed by atoms with Gasteiger partial charge in [-0.3, -0.25) is 9.48 Å². The maximum absolute atomic E-state index is 11.9. The van der Waals surface area contributed by atoms with Crippen LogP contribution in [0.3, 0.4) is 0 Å². The second kappa shape index (κ2) is 6.31. The van der Waals surface area contributed by atoms with Crippen molar-refractivity contribution in [2.24, 2.45) is 7.05 Å². The lowest BCUT2D eigenvalue weighted by molar-refractivity contribution is 0.0947. The van der Waals surface area contributed by atoms with E-state index in [0.717, 1.165) is 18.5 Å². The summed E-state index contributed by atoms with van der Waals surface area (Å²) in [5, 5.41) is 15.3. The van der Waals surface area contributed by atoms with Crippen molar-refractivity contribution in [3.8, 4) is 0 Å². The van der Waals surface area contributed by atoms with E-state index in [4.69, 9.17) is 0 Å². The molecule has 0 saturated heterocycles. The zero-order chi connectivity index (χ0) is 14.5. The minimum Gasteiger partial charge on any atom is -0.351 e. The van der Waals surface area contributed by atoms with Crippen LogP contribution in [0.25, 0.3) is 0 Å². The van der Waals surface area contributed by atoms with Crippen molar-refractivity contribution in [3.05, 3.63) is 29.8 Å². The summed E-state index contributed by atoms with van der Waals surface area (Å²) in [7, 11) is 1.79. The lowest BCUT2D eigenvalue weighted by Crippen LogP contribution is -2.25. The van der Waals surface area contributed by atoms with E-state index in [0.29, 0.717) is 12.2 Å². The molecule has 0 aliphatic rings. The number of rotatable bonds is 6. The molecule has 0 fully saturated rings. The van der Waals surface area contributed by atoms with Crippen LogP contribution in [0.2, 0.25) is 0 Å². The Labute approximate surface area is 118 Å². The largest absolute Gasteiger partial charge is 0.351 e. The molecule has 2 aromatic rings. The first kappa shape index (κ1) is 14.2. The third-order valence-electron chi connectivity index (χ3n) is 2.91. The first-order chi connectivity index (χ1) is 9.56. The molecule has 0 saturated carbocycles. The van der Waals surface area contributed by atoms with E-state index in [1.54, 1.807) is 24.0 Å². The van der Waals surface area contributed by atoms with Gasteiger partial charge in [-0.15, -0.1) is 0 Å². The summed E-state index contributed by atoms with van der Waals surface area (Å²) < 4.78 is 1.77. The molecule has 0 spiro atoms. The summed E-state index contributed by atoms with van der Waals surface area (Å²) in [5.74, 6) is -0.136. The van der Waals surface area contributed by atoms with Crippen LogP contribution >= 0.6 is 0 Å². The van der Waals surface area contributed by atoms with Crippen molar-refractivity contribution < 1.29 is 4.79 Å². The van der Waals surface area contributed by atoms with E-state index < -0.39 is 0 Å². The highest BCUT2D eigenvalue weighted by molar-refractivity contribution is 5.92. The fourth-order valence-electron chi connectivity index (χ4n) is 1.81. The summed E-state index contributed by atoms with van der Waals surface area (Å²) in [6.07, 6.45) is 5.19. The molecule has 1 amide bonds. The Kier molecular flexibility index (Phi) is 4.49. The van der Waals surface area contributed by atoms with E-state index >= 15 is 0 Å². The third kappa shape index (κ3) is 3.66. The number of aromatic nitrogens is 5. The van der Waals surface area contributed by atoms with Crippen LogP contribution in [0.4, 0.5) is 0 Å². The molecule has 0 radical (unpaired) electrons. The first-order valence-corrected chi connectivity index (χ1v) is 6.75. The molecule has 7 nitrogen and oxygen atoms in total. The van der Waals surface area contributed by atoms with Gasteiger partial charge in [-0.1, -0.05) is 0 Å². The Hall–Kier alpha value is -2.18. The lowest BCUT2D eigenvalue weighted by atomic mass is 10.2. The van der Waals surface area contributed by atoms with Gasteiger partial charge >= 0.3 is 0 Å². The van der Waals surface area contributed by atoms with Gasteiger partial charge in [0.05, 0.1) is 11.9 Å². The molecule has 20 heavy (non-hydrogen) atoms. The van der Waals surface area contributed by atoms with E-state index in [1.165, 1.54) is 4.80 Å². The smallest absolute Gasteiger partial charge is 0.271 e. The van der Waals surface area contributed by atoms with Crippen LogP contribution in [0.1, 0.15) is 42.5 Å². The SMILES string of the molecule is CC(C)n1ccc(C(=O)NCCCc2cnn(C)n2)n1. The summed E-state index contributed by atoms with van der Waals surface area (Å²) in [5.41, 5.74) is 1.39. The highest BCUT2D eigenvalue weighted by atomic mass is 16.1. The third-order valence-corrected chi connectivity index (χ3v) is 2.91. The normalized spacial score (nSPS) is 11.0. The zero-order valence-corrected chi connectivity index (χ0v) is 12.1. The molecule has 2 heterocycles. The van der Waals surface area contributed by atoms with Crippen molar-refractivity contribution >= 4 is 5.91 Å². The van der Waals surface area contributed by atoms with Crippen molar-refractivity contribution in [2.45, 2.75) is 32.7 Å². The quantitative estimate of drug-likeness (QED) is 0.797. The Balaban J connectivity index is 1.74. The predicted octanol–water partition coefficient (Wildman–Crippen LogP) is 0.955. The van der Waals surface area contributed by atoms with E-state index in [9.17, 15) is 4.79 Å². The van der Waals surface area contributed by atoms with Gasteiger partial charge in [0.1, 0.15) is 5.69 Å².